The van der Waals surface area contributed by atoms with Crippen LogP contribution in [0.1, 0.15) is 50.8 Å². The number of hydrogen-bond donors (Lipinski definition) is 2. The first kappa shape index (κ1) is 22.8. The maximum Gasteiger partial charge on any atom is 0.303 e. The van der Waals surface area contributed by atoms with Crippen LogP contribution >= 0.6 is 11.3 Å². The van der Waals surface area contributed by atoms with E-state index in [4.69, 9.17) is 14.6 Å². The largest absolute Gasteiger partial charge is 0.497 e. The number of anilines is 1. The van der Waals surface area contributed by atoms with Gasteiger partial charge in [0.15, 0.2) is 5.13 Å². The molecule has 3 aromatic rings. The van der Waals surface area contributed by atoms with E-state index < -0.39 is 5.97 Å². The average molecular weight is 467 g/mol. The van der Waals surface area contributed by atoms with Crippen LogP contribution in [-0.4, -0.2) is 35.7 Å². The van der Waals surface area contributed by atoms with Crippen molar-refractivity contribution in [3.63, 3.8) is 0 Å². The highest BCUT2D eigenvalue weighted by molar-refractivity contribution is 7.15. The molecule has 0 radical (unpaired) electrons. The number of hydrogen-bond acceptors (Lipinski definition) is 6. The van der Waals surface area contributed by atoms with Gasteiger partial charge in [-0.05, 0) is 67.1 Å². The van der Waals surface area contributed by atoms with Crippen LogP contribution in [0.5, 0.6) is 11.5 Å². The van der Waals surface area contributed by atoms with Crippen LogP contribution in [0.15, 0.2) is 42.5 Å². The lowest BCUT2D eigenvalue weighted by molar-refractivity contribution is -0.137. The third kappa shape index (κ3) is 5.51. The monoisotopic (exact) mass is 466 g/mol. The molecule has 172 valence electrons. The van der Waals surface area contributed by atoms with Crippen LogP contribution < -0.4 is 14.8 Å². The number of nitrogens with zero attached hydrogens (tertiary/aromatic N) is 1. The number of methoxy groups -OCH3 is 1. The number of rotatable bonds is 9. The Kier molecular flexibility index (Phi) is 6.93. The molecule has 2 N–H and O–H groups in total. The topological polar surface area (TPSA) is 97.8 Å². The summed E-state index contributed by atoms with van der Waals surface area (Å²) in [6, 6.07) is 12.9. The second-order valence-corrected chi connectivity index (χ2v) is 9.20. The number of carbonyl (C=O) groups is 2. The Hall–Kier alpha value is -3.39. The number of carbonyl (C=O) groups excluding carboxylic acids is 1. The van der Waals surface area contributed by atoms with Gasteiger partial charge in [-0.15, -0.1) is 11.3 Å². The quantitative estimate of drug-likeness (QED) is 0.468. The van der Waals surface area contributed by atoms with E-state index in [1.54, 1.807) is 31.4 Å². The molecule has 1 aliphatic rings. The van der Waals surface area contributed by atoms with Crippen LogP contribution in [0, 0.1) is 6.92 Å². The molecule has 0 spiro atoms. The number of nitrogens with one attached hydrogen (secondary N) is 1. The summed E-state index contributed by atoms with van der Waals surface area (Å²) in [5.74, 6) is 0.509. The number of benzene rings is 2. The van der Waals surface area contributed by atoms with Gasteiger partial charge >= 0.3 is 5.97 Å². The fraction of sp³-hybridized carbons (Fsp3) is 0.320. The normalized spacial score (nSPS) is 14.5. The van der Waals surface area contributed by atoms with Crippen LogP contribution in [0.4, 0.5) is 5.13 Å². The molecule has 8 heteroatoms. The molecule has 1 aromatic heterocycles. The van der Waals surface area contributed by atoms with Crippen molar-refractivity contribution in [3.05, 3.63) is 69.7 Å². The zero-order valence-corrected chi connectivity index (χ0v) is 19.4. The average Bonchev–Trinajstić information content (AvgIpc) is 3.35. The van der Waals surface area contributed by atoms with E-state index in [0.717, 1.165) is 34.7 Å². The van der Waals surface area contributed by atoms with E-state index >= 15 is 0 Å². The van der Waals surface area contributed by atoms with E-state index in [1.807, 2.05) is 25.1 Å². The summed E-state index contributed by atoms with van der Waals surface area (Å²) in [7, 11) is 1.56. The Morgan fingerprint density at radius 3 is 2.85 bits per heavy atom. The summed E-state index contributed by atoms with van der Waals surface area (Å²) in [6.07, 6.45) is 2.54. The lowest BCUT2D eigenvalue weighted by atomic mass is 9.98. The molecule has 7 nitrogen and oxygen atoms in total. The first-order valence-corrected chi connectivity index (χ1v) is 11.6. The van der Waals surface area contributed by atoms with Gasteiger partial charge in [0.25, 0.3) is 5.91 Å². The summed E-state index contributed by atoms with van der Waals surface area (Å²) in [4.78, 5) is 29.2. The number of fused-ring (bicyclic) bond motifs is 1. The number of thiazole rings is 1. The third-order valence-corrected chi connectivity index (χ3v) is 6.72. The minimum Gasteiger partial charge on any atom is -0.497 e. The number of aliphatic carboxylic acids is 1. The van der Waals surface area contributed by atoms with Crippen molar-refractivity contribution in [2.45, 2.75) is 38.5 Å². The Bertz CT molecular complexity index is 1170. The third-order valence-electron chi connectivity index (χ3n) is 5.79. The molecule has 2 aromatic carbocycles. The minimum atomic E-state index is -0.758. The van der Waals surface area contributed by atoms with Crippen molar-refractivity contribution >= 4 is 28.3 Å². The van der Waals surface area contributed by atoms with Gasteiger partial charge in [-0.2, -0.15) is 0 Å². The molecule has 1 amide bonds. The van der Waals surface area contributed by atoms with Gasteiger partial charge in [0, 0.05) is 16.9 Å². The first-order chi connectivity index (χ1) is 15.9. The van der Waals surface area contributed by atoms with Crippen molar-refractivity contribution in [3.8, 4) is 11.5 Å². The van der Waals surface area contributed by atoms with Gasteiger partial charge in [0.05, 0.1) is 25.8 Å². The molecule has 1 atom stereocenters. The van der Waals surface area contributed by atoms with Gasteiger partial charge in [0.1, 0.15) is 11.5 Å². The standard InChI is InChI=1S/C25H26N2O5S/c1-15-22(26-25(33-15)27-24(30)18-4-3-5-19(13-18)31-2)10-11-32-20-8-9-21-16(12-20)6-7-17(21)14-23(28)29/h3-5,8-9,12-13,17H,6-7,10-11,14H2,1-2H3,(H,28,29)(H,26,27,30)/t17-/m0/s1. The molecule has 0 aliphatic heterocycles. The molecular formula is C25H26N2O5S. The fourth-order valence-corrected chi connectivity index (χ4v) is 4.96. The molecular weight excluding hydrogens is 440 g/mol. The second-order valence-electron chi connectivity index (χ2n) is 8.00. The Balaban J connectivity index is 1.33. The minimum absolute atomic E-state index is 0.0924. The maximum atomic E-state index is 12.5. The fourth-order valence-electron chi connectivity index (χ4n) is 4.11. The van der Waals surface area contributed by atoms with Crippen molar-refractivity contribution < 1.29 is 24.2 Å². The highest BCUT2D eigenvalue weighted by Crippen LogP contribution is 2.37. The molecule has 0 unspecified atom stereocenters. The number of amides is 1. The molecule has 0 bridgehead atoms. The molecule has 33 heavy (non-hydrogen) atoms. The summed E-state index contributed by atoms with van der Waals surface area (Å²) in [5, 5.41) is 12.5. The Labute approximate surface area is 196 Å². The van der Waals surface area contributed by atoms with Crippen LogP contribution in [0.25, 0.3) is 0 Å². The zero-order chi connectivity index (χ0) is 23.4. The molecule has 1 heterocycles. The highest BCUT2D eigenvalue weighted by Gasteiger charge is 2.25. The SMILES string of the molecule is COc1cccc(C(=O)Nc2nc(CCOc3ccc4c(c3)CC[C@H]4CC(=O)O)c(C)s2)c1. The summed E-state index contributed by atoms with van der Waals surface area (Å²) >= 11 is 1.44. The molecule has 0 saturated heterocycles. The number of ether oxygens (including phenoxy) is 2. The molecule has 0 saturated carbocycles. The van der Waals surface area contributed by atoms with E-state index in [2.05, 4.69) is 10.3 Å². The van der Waals surface area contributed by atoms with Crippen molar-refractivity contribution in [2.24, 2.45) is 0 Å². The smallest absolute Gasteiger partial charge is 0.303 e. The lowest BCUT2D eigenvalue weighted by Gasteiger charge is -2.10. The predicted octanol–water partition coefficient (Wildman–Crippen LogP) is 4.84. The number of aromatic nitrogens is 1. The summed E-state index contributed by atoms with van der Waals surface area (Å²) in [5.41, 5.74) is 3.69. The number of carboxylic acids is 1. The van der Waals surface area contributed by atoms with E-state index in [1.165, 1.54) is 16.9 Å². The lowest BCUT2D eigenvalue weighted by Crippen LogP contribution is -2.12. The van der Waals surface area contributed by atoms with Gasteiger partial charge in [-0.25, -0.2) is 4.98 Å². The Morgan fingerprint density at radius 2 is 2.06 bits per heavy atom. The number of carboxylic acid groups (broad SMARTS) is 1. The molecule has 0 fully saturated rings. The zero-order valence-electron chi connectivity index (χ0n) is 18.6. The van der Waals surface area contributed by atoms with Crippen LogP contribution in [0.3, 0.4) is 0 Å². The van der Waals surface area contributed by atoms with E-state index in [-0.39, 0.29) is 18.2 Å². The van der Waals surface area contributed by atoms with E-state index in [0.29, 0.717) is 29.5 Å². The van der Waals surface area contributed by atoms with Crippen molar-refractivity contribution in [1.82, 2.24) is 4.98 Å². The second kappa shape index (κ2) is 10.0. The first-order valence-electron chi connectivity index (χ1n) is 10.8. The van der Waals surface area contributed by atoms with Gasteiger partial charge in [0.2, 0.25) is 0 Å². The van der Waals surface area contributed by atoms with E-state index in [9.17, 15) is 9.59 Å². The van der Waals surface area contributed by atoms with Crippen LogP contribution in [0.2, 0.25) is 0 Å². The summed E-state index contributed by atoms with van der Waals surface area (Å²) < 4.78 is 11.1. The highest BCUT2D eigenvalue weighted by atomic mass is 32.1. The van der Waals surface area contributed by atoms with Crippen molar-refractivity contribution in [2.75, 3.05) is 19.0 Å². The summed E-state index contributed by atoms with van der Waals surface area (Å²) in [6.45, 7) is 2.44. The number of aryl methyl sites for hydroxylation is 2. The molecule has 4 rings (SSSR count). The van der Waals surface area contributed by atoms with Gasteiger partial charge < -0.3 is 14.6 Å². The van der Waals surface area contributed by atoms with Gasteiger partial charge in [-0.1, -0.05) is 12.1 Å². The maximum absolute atomic E-state index is 12.5. The molecule has 1 aliphatic carbocycles. The predicted molar refractivity (Wildman–Crippen MR) is 127 cm³/mol. The van der Waals surface area contributed by atoms with Gasteiger partial charge in [-0.3, -0.25) is 14.9 Å². The van der Waals surface area contributed by atoms with Crippen molar-refractivity contribution in [1.29, 1.82) is 0 Å². The Morgan fingerprint density at radius 1 is 1.21 bits per heavy atom. The van der Waals surface area contributed by atoms with Crippen LogP contribution in [-0.2, 0) is 17.6 Å².